The molecule has 1 atom stereocenters. The number of allylic oxidation sites excluding steroid dienone is 1. The Morgan fingerprint density at radius 3 is 1.86 bits per heavy atom. The topological polar surface area (TPSA) is 63.4 Å². The van der Waals surface area contributed by atoms with Gasteiger partial charge in [0.05, 0.1) is 11.1 Å². The first-order valence-corrected chi connectivity index (χ1v) is 7.66. The number of Topliss-reactive ketones (excluding diaryl/α,β-unsaturated/α-hetero) is 1. The van der Waals surface area contributed by atoms with Gasteiger partial charge in [0.2, 0.25) is 11.6 Å². The van der Waals surface area contributed by atoms with Crippen LogP contribution >= 0.6 is 12.6 Å². The lowest BCUT2D eigenvalue weighted by atomic mass is 10.0. The molecule has 1 unspecified atom stereocenters. The van der Waals surface area contributed by atoms with Crippen molar-refractivity contribution in [2.75, 3.05) is 39.3 Å². The van der Waals surface area contributed by atoms with Gasteiger partial charge in [-0.15, -0.1) is 12.6 Å². The Hall–Kier alpha value is -1.47. The van der Waals surface area contributed by atoms with Crippen LogP contribution in [0.25, 0.3) is 0 Å². The van der Waals surface area contributed by atoms with Gasteiger partial charge in [0.25, 0.3) is 0 Å². The number of nitrogens with zero attached hydrogens (tertiary/aromatic N) is 3. The minimum Gasteiger partial charge on any atom is -0.383 e. The number of rotatable bonds is 3. The van der Waals surface area contributed by atoms with Crippen LogP contribution in [-0.2, 0) is 9.59 Å². The molecule has 0 amide bonds. The lowest BCUT2D eigenvalue weighted by Gasteiger charge is -2.21. The van der Waals surface area contributed by atoms with Crippen molar-refractivity contribution in [2.24, 2.45) is 0 Å². The van der Waals surface area contributed by atoms with E-state index in [2.05, 4.69) is 12.6 Å². The van der Waals surface area contributed by atoms with Crippen molar-refractivity contribution in [2.45, 2.75) is 12.4 Å². The molecule has 1 aliphatic carbocycles. The lowest BCUT2D eigenvalue weighted by Crippen LogP contribution is -2.29. The van der Waals surface area contributed by atoms with E-state index in [1.807, 2.05) is 14.7 Å². The van der Waals surface area contributed by atoms with E-state index >= 15 is 0 Å². The van der Waals surface area contributed by atoms with E-state index in [1.165, 1.54) is 6.08 Å². The van der Waals surface area contributed by atoms with Crippen LogP contribution in [0.15, 0.2) is 23.2 Å². The van der Waals surface area contributed by atoms with Gasteiger partial charge in [-0.2, -0.15) is 0 Å². The minimum absolute atomic E-state index is 0.00546. The van der Waals surface area contributed by atoms with E-state index in [1.54, 1.807) is 6.92 Å². The van der Waals surface area contributed by atoms with Crippen LogP contribution in [0.5, 0.6) is 0 Å². The second-order valence-corrected chi connectivity index (χ2v) is 6.26. The summed E-state index contributed by atoms with van der Waals surface area (Å²) in [7, 11) is 0. The summed E-state index contributed by atoms with van der Waals surface area (Å²) in [5.74, 6) is 0.0485. The van der Waals surface area contributed by atoms with Crippen LogP contribution in [0.1, 0.15) is 6.92 Å². The molecule has 4 aliphatic rings. The Bertz CT molecular complexity index is 541. The van der Waals surface area contributed by atoms with E-state index in [9.17, 15) is 9.59 Å². The maximum absolute atomic E-state index is 12.4. The number of carbonyl (C=O) groups excluding carboxylic acids is 2. The molecular weight excluding hydrogens is 290 g/mol. The molecule has 6 nitrogen and oxygen atoms in total. The minimum atomic E-state index is -0.472. The van der Waals surface area contributed by atoms with E-state index in [-0.39, 0.29) is 11.6 Å². The predicted molar refractivity (Wildman–Crippen MR) is 80.5 cm³/mol. The smallest absolute Gasteiger partial charge is 0.227 e. The molecule has 0 saturated carbocycles. The van der Waals surface area contributed by atoms with Crippen LogP contribution in [0.4, 0.5) is 0 Å². The first kappa shape index (κ1) is 14.5. The van der Waals surface area contributed by atoms with Crippen molar-refractivity contribution < 1.29 is 14.7 Å². The van der Waals surface area contributed by atoms with Gasteiger partial charge in [-0.25, -0.2) is 0 Å². The molecule has 0 radical (unpaired) electrons. The lowest BCUT2D eigenvalue weighted by molar-refractivity contribution is -0.117. The van der Waals surface area contributed by atoms with E-state index < -0.39 is 5.44 Å². The Morgan fingerprint density at radius 1 is 1.00 bits per heavy atom. The summed E-state index contributed by atoms with van der Waals surface area (Å²) in [6.07, 6.45) is 1.52. The first-order valence-electron chi connectivity index (χ1n) is 7.15. The largest absolute Gasteiger partial charge is 0.383 e. The Balaban J connectivity index is 0.000000298. The van der Waals surface area contributed by atoms with Gasteiger partial charge < -0.3 is 19.8 Å². The SMILES string of the molecule is CC(O)S.O=C1C=C(N2CC2)C(=O)C(N2CC2)=C1N1CC1. The Kier molecular flexibility index (Phi) is 3.71. The molecule has 3 fully saturated rings. The summed E-state index contributed by atoms with van der Waals surface area (Å²) < 4.78 is 0. The van der Waals surface area contributed by atoms with Crippen molar-refractivity contribution in [3.05, 3.63) is 23.2 Å². The molecule has 0 aromatic carbocycles. The zero-order valence-electron chi connectivity index (χ0n) is 11.9. The third-order valence-electron chi connectivity index (χ3n) is 3.49. The molecule has 0 aromatic rings. The fraction of sp³-hybridized carbons (Fsp3) is 0.571. The van der Waals surface area contributed by atoms with Crippen LogP contribution in [0.3, 0.4) is 0 Å². The predicted octanol–water partition coefficient (Wildman–Crippen LogP) is -0.565. The molecule has 0 bridgehead atoms. The van der Waals surface area contributed by atoms with Crippen LogP contribution < -0.4 is 0 Å². The van der Waals surface area contributed by atoms with Gasteiger partial charge in [0.1, 0.15) is 11.4 Å². The number of hydrogen-bond donors (Lipinski definition) is 2. The van der Waals surface area contributed by atoms with Crippen LogP contribution in [-0.4, -0.2) is 76.1 Å². The third-order valence-corrected chi connectivity index (χ3v) is 3.49. The average Bonchev–Trinajstić information content (AvgIpc) is 3.26. The van der Waals surface area contributed by atoms with E-state index in [4.69, 9.17) is 5.11 Å². The van der Waals surface area contributed by atoms with Gasteiger partial charge in [0.15, 0.2) is 0 Å². The average molecular weight is 309 g/mol. The van der Waals surface area contributed by atoms with Crippen LogP contribution in [0.2, 0.25) is 0 Å². The van der Waals surface area contributed by atoms with Crippen molar-refractivity contribution in [3.8, 4) is 0 Å². The molecule has 3 heterocycles. The monoisotopic (exact) mass is 309 g/mol. The van der Waals surface area contributed by atoms with Gasteiger partial charge in [-0.05, 0) is 6.92 Å². The highest BCUT2D eigenvalue weighted by molar-refractivity contribution is 7.80. The van der Waals surface area contributed by atoms with Gasteiger partial charge in [-0.1, -0.05) is 0 Å². The molecule has 1 N–H and O–H groups in total. The van der Waals surface area contributed by atoms with E-state index in [0.29, 0.717) is 17.1 Å². The fourth-order valence-electron chi connectivity index (χ4n) is 2.28. The maximum Gasteiger partial charge on any atom is 0.227 e. The van der Waals surface area contributed by atoms with Gasteiger partial charge in [0, 0.05) is 45.3 Å². The Morgan fingerprint density at radius 2 is 1.43 bits per heavy atom. The normalized spacial score (nSPS) is 24.5. The summed E-state index contributed by atoms with van der Waals surface area (Å²) >= 11 is 3.52. The molecule has 7 heteroatoms. The summed E-state index contributed by atoms with van der Waals surface area (Å²) in [5.41, 5.74) is 1.41. The molecular formula is C14H19N3O3S. The highest BCUT2D eigenvalue weighted by atomic mass is 32.1. The molecule has 0 aromatic heterocycles. The number of aliphatic hydroxyl groups excluding tert-OH is 1. The molecule has 21 heavy (non-hydrogen) atoms. The second-order valence-electron chi connectivity index (χ2n) is 5.51. The third kappa shape index (κ3) is 3.24. The van der Waals surface area contributed by atoms with Crippen molar-refractivity contribution in [3.63, 3.8) is 0 Å². The van der Waals surface area contributed by atoms with Gasteiger partial charge >= 0.3 is 0 Å². The Labute approximate surface area is 129 Å². The van der Waals surface area contributed by atoms with Crippen molar-refractivity contribution in [1.29, 1.82) is 0 Å². The number of aliphatic hydroxyl groups is 1. The fourth-order valence-corrected chi connectivity index (χ4v) is 2.28. The van der Waals surface area contributed by atoms with Crippen molar-refractivity contribution in [1.82, 2.24) is 14.7 Å². The quantitative estimate of drug-likeness (QED) is 0.315. The summed E-state index contributed by atoms with van der Waals surface area (Å²) in [4.78, 5) is 30.5. The second kappa shape index (κ2) is 5.38. The molecule has 0 spiro atoms. The highest BCUT2D eigenvalue weighted by Gasteiger charge is 2.43. The van der Waals surface area contributed by atoms with Crippen LogP contribution in [0, 0.1) is 0 Å². The molecule has 3 saturated heterocycles. The molecule has 114 valence electrons. The standard InChI is InChI=1S/C12H13N3O2.C2H6OS/c16-9-7-8(13-1-2-13)12(17)11(15-5-6-15)10(9)14-3-4-14;1-2(3)4/h7H,1-6H2;2-4H,1H3. The van der Waals surface area contributed by atoms with Crippen molar-refractivity contribution >= 4 is 24.2 Å². The number of ketones is 2. The molecule has 4 rings (SSSR count). The summed E-state index contributed by atoms with van der Waals surface area (Å²) in [6.45, 7) is 6.99. The zero-order valence-corrected chi connectivity index (χ0v) is 12.8. The maximum atomic E-state index is 12.4. The van der Waals surface area contributed by atoms with E-state index in [0.717, 1.165) is 39.3 Å². The highest BCUT2D eigenvalue weighted by Crippen LogP contribution is 2.33. The number of carbonyl (C=O) groups is 2. The zero-order chi connectivity index (χ0) is 15.1. The van der Waals surface area contributed by atoms with Gasteiger partial charge in [-0.3, -0.25) is 9.59 Å². The number of hydrogen-bond acceptors (Lipinski definition) is 7. The number of thiol groups is 1. The molecule has 3 aliphatic heterocycles. The first-order chi connectivity index (χ1) is 9.99. The summed E-state index contributed by atoms with van der Waals surface area (Å²) in [5, 5.41) is 7.92. The summed E-state index contributed by atoms with van der Waals surface area (Å²) in [6, 6.07) is 0.